The van der Waals surface area contributed by atoms with Gasteiger partial charge in [0, 0.05) is 5.02 Å². The molecule has 1 aliphatic carbocycles. The Bertz CT molecular complexity index is 500. The molecule has 20 heavy (non-hydrogen) atoms. The number of halogens is 2. The van der Waals surface area contributed by atoms with Gasteiger partial charge in [-0.05, 0) is 60.3 Å². The van der Waals surface area contributed by atoms with Crippen LogP contribution in [0.3, 0.4) is 0 Å². The highest BCUT2D eigenvalue weighted by atomic mass is 79.9. The largest absolute Gasteiger partial charge is 0.480 e. The fourth-order valence-corrected chi connectivity index (χ4v) is 2.88. The molecule has 2 rings (SSSR count). The molecule has 0 saturated heterocycles. The summed E-state index contributed by atoms with van der Waals surface area (Å²) in [5.74, 6) is 0.337. The summed E-state index contributed by atoms with van der Waals surface area (Å²) in [4.78, 5) is 12.1. The van der Waals surface area contributed by atoms with Crippen molar-refractivity contribution in [3.05, 3.63) is 27.7 Å². The lowest BCUT2D eigenvalue weighted by atomic mass is 9.77. The SMILES string of the molecule is CC(Oc1ccc(Cl)cc1Br)C(=O)NC1(CO)CCC1. The lowest BCUT2D eigenvalue weighted by Gasteiger charge is -2.41. The molecule has 1 aromatic rings. The Morgan fingerprint density at radius 2 is 2.30 bits per heavy atom. The van der Waals surface area contributed by atoms with Crippen molar-refractivity contribution in [1.82, 2.24) is 5.32 Å². The van der Waals surface area contributed by atoms with Crippen LogP contribution in [0.15, 0.2) is 22.7 Å². The van der Waals surface area contributed by atoms with Gasteiger partial charge < -0.3 is 15.2 Å². The van der Waals surface area contributed by atoms with E-state index in [0.717, 1.165) is 19.3 Å². The van der Waals surface area contributed by atoms with Gasteiger partial charge >= 0.3 is 0 Å². The van der Waals surface area contributed by atoms with Crippen LogP contribution in [0.25, 0.3) is 0 Å². The van der Waals surface area contributed by atoms with Gasteiger partial charge in [0.15, 0.2) is 6.10 Å². The molecule has 1 amide bonds. The zero-order valence-corrected chi connectivity index (χ0v) is 13.5. The predicted octanol–water partition coefficient (Wildman–Crippen LogP) is 2.90. The van der Waals surface area contributed by atoms with E-state index in [4.69, 9.17) is 16.3 Å². The van der Waals surface area contributed by atoms with E-state index in [1.807, 2.05) is 0 Å². The number of aliphatic hydroxyl groups is 1. The molecule has 0 bridgehead atoms. The summed E-state index contributed by atoms with van der Waals surface area (Å²) in [7, 11) is 0. The van der Waals surface area contributed by atoms with E-state index < -0.39 is 11.6 Å². The van der Waals surface area contributed by atoms with Crippen LogP contribution >= 0.6 is 27.5 Å². The van der Waals surface area contributed by atoms with Crippen molar-refractivity contribution in [1.29, 1.82) is 0 Å². The zero-order valence-electron chi connectivity index (χ0n) is 11.2. The van der Waals surface area contributed by atoms with E-state index in [9.17, 15) is 9.90 Å². The smallest absolute Gasteiger partial charge is 0.261 e. The molecule has 110 valence electrons. The first-order valence-electron chi connectivity index (χ1n) is 6.50. The van der Waals surface area contributed by atoms with Gasteiger partial charge in [-0.2, -0.15) is 0 Å². The predicted molar refractivity (Wildman–Crippen MR) is 81.1 cm³/mol. The van der Waals surface area contributed by atoms with Crippen LogP contribution in [-0.2, 0) is 4.79 Å². The first kappa shape index (κ1) is 15.6. The van der Waals surface area contributed by atoms with Gasteiger partial charge in [-0.25, -0.2) is 0 Å². The number of ether oxygens (including phenoxy) is 1. The van der Waals surface area contributed by atoms with Crippen molar-refractivity contribution >= 4 is 33.4 Å². The van der Waals surface area contributed by atoms with E-state index >= 15 is 0 Å². The average Bonchev–Trinajstić information content (AvgIpc) is 2.36. The average molecular weight is 363 g/mol. The van der Waals surface area contributed by atoms with Crippen LogP contribution in [-0.4, -0.2) is 29.3 Å². The van der Waals surface area contributed by atoms with E-state index in [0.29, 0.717) is 15.2 Å². The molecule has 0 spiro atoms. The van der Waals surface area contributed by atoms with Gasteiger partial charge in [0.05, 0.1) is 16.6 Å². The molecule has 1 atom stereocenters. The summed E-state index contributed by atoms with van der Waals surface area (Å²) in [6.45, 7) is 1.65. The Hall–Kier alpha value is -0.780. The Labute approximate surface area is 131 Å². The zero-order chi connectivity index (χ0) is 14.8. The Morgan fingerprint density at radius 1 is 1.60 bits per heavy atom. The molecule has 4 nitrogen and oxygen atoms in total. The highest BCUT2D eigenvalue weighted by Gasteiger charge is 2.38. The standard InChI is InChI=1S/C14H17BrClNO3/c1-9(13(19)17-14(8-18)5-2-6-14)20-12-4-3-10(16)7-11(12)15/h3-4,7,9,18H,2,5-6,8H2,1H3,(H,17,19). The molecule has 6 heteroatoms. The monoisotopic (exact) mass is 361 g/mol. The fourth-order valence-electron chi connectivity index (χ4n) is 2.10. The number of nitrogens with one attached hydrogen (secondary N) is 1. The molecule has 2 N–H and O–H groups in total. The maximum absolute atomic E-state index is 12.1. The minimum Gasteiger partial charge on any atom is -0.480 e. The molecular formula is C14H17BrClNO3. The topological polar surface area (TPSA) is 58.6 Å². The normalized spacial score (nSPS) is 18.0. The number of carbonyl (C=O) groups is 1. The maximum atomic E-state index is 12.1. The number of amides is 1. The molecule has 0 aromatic heterocycles. The van der Waals surface area contributed by atoms with Crippen LogP contribution in [0.5, 0.6) is 5.75 Å². The Morgan fingerprint density at radius 3 is 2.80 bits per heavy atom. The second kappa shape index (κ2) is 6.33. The van der Waals surface area contributed by atoms with Crippen molar-refractivity contribution in [2.45, 2.75) is 37.8 Å². The van der Waals surface area contributed by atoms with Gasteiger partial charge in [-0.1, -0.05) is 11.6 Å². The summed E-state index contributed by atoms with van der Waals surface area (Å²) >= 11 is 9.20. The fraction of sp³-hybridized carbons (Fsp3) is 0.500. The number of hydrogen-bond donors (Lipinski definition) is 2. The second-order valence-electron chi connectivity index (χ2n) is 5.12. The molecule has 1 aromatic carbocycles. The minimum absolute atomic E-state index is 0.0316. The van der Waals surface area contributed by atoms with E-state index in [1.165, 1.54) is 0 Å². The van der Waals surface area contributed by atoms with Crippen LogP contribution in [0, 0.1) is 0 Å². The van der Waals surface area contributed by atoms with Gasteiger partial charge in [0.1, 0.15) is 5.75 Å². The molecule has 0 radical (unpaired) electrons. The third-order valence-corrected chi connectivity index (χ3v) is 4.42. The van der Waals surface area contributed by atoms with Crippen molar-refractivity contribution in [3.63, 3.8) is 0 Å². The van der Waals surface area contributed by atoms with Crippen molar-refractivity contribution < 1.29 is 14.6 Å². The van der Waals surface area contributed by atoms with Crippen LogP contribution < -0.4 is 10.1 Å². The summed E-state index contributed by atoms with van der Waals surface area (Å²) in [5, 5.41) is 12.8. The maximum Gasteiger partial charge on any atom is 0.261 e. The minimum atomic E-state index is -0.642. The molecule has 1 saturated carbocycles. The van der Waals surface area contributed by atoms with Crippen LogP contribution in [0.2, 0.25) is 5.02 Å². The molecule has 0 aliphatic heterocycles. The highest BCUT2D eigenvalue weighted by Crippen LogP contribution is 2.32. The summed E-state index contributed by atoms with van der Waals surface area (Å²) in [6.07, 6.45) is 2.01. The summed E-state index contributed by atoms with van der Waals surface area (Å²) in [5.41, 5.74) is -0.452. The van der Waals surface area contributed by atoms with Crippen molar-refractivity contribution in [2.75, 3.05) is 6.61 Å². The molecule has 1 aliphatic rings. The lowest BCUT2D eigenvalue weighted by Crippen LogP contribution is -2.58. The van der Waals surface area contributed by atoms with E-state index in [-0.39, 0.29) is 12.5 Å². The van der Waals surface area contributed by atoms with E-state index in [1.54, 1.807) is 25.1 Å². The first-order valence-corrected chi connectivity index (χ1v) is 7.67. The number of aliphatic hydroxyl groups excluding tert-OH is 1. The van der Waals surface area contributed by atoms with Gasteiger partial charge in [0.25, 0.3) is 5.91 Å². The number of rotatable bonds is 5. The van der Waals surface area contributed by atoms with Gasteiger partial charge in [-0.15, -0.1) is 0 Å². The summed E-state index contributed by atoms with van der Waals surface area (Å²) in [6, 6.07) is 5.12. The van der Waals surface area contributed by atoms with Crippen LogP contribution in [0.1, 0.15) is 26.2 Å². The quantitative estimate of drug-likeness (QED) is 0.847. The van der Waals surface area contributed by atoms with E-state index in [2.05, 4.69) is 21.2 Å². The number of hydrogen-bond acceptors (Lipinski definition) is 3. The number of carbonyl (C=O) groups excluding carboxylic acids is 1. The molecular weight excluding hydrogens is 346 g/mol. The Kier molecular flexibility index (Phi) is 4.94. The lowest BCUT2D eigenvalue weighted by molar-refractivity contribution is -0.131. The molecule has 0 heterocycles. The third-order valence-electron chi connectivity index (χ3n) is 3.57. The highest BCUT2D eigenvalue weighted by molar-refractivity contribution is 9.10. The molecule has 1 unspecified atom stereocenters. The number of benzene rings is 1. The Balaban J connectivity index is 1.97. The van der Waals surface area contributed by atoms with Crippen LogP contribution in [0.4, 0.5) is 0 Å². The molecule has 1 fully saturated rings. The van der Waals surface area contributed by atoms with Crippen molar-refractivity contribution in [3.8, 4) is 5.75 Å². The van der Waals surface area contributed by atoms with Gasteiger partial charge in [-0.3, -0.25) is 4.79 Å². The van der Waals surface area contributed by atoms with Crippen molar-refractivity contribution in [2.24, 2.45) is 0 Å². The first-order chi connectivity index (χ1) is 9.46. The third kappa shape index (κ3) is 3.45. The van der Waals surface area contributed by atoms with Gasteiger partial charge in [0.2, 0.25) is 0 Å². The summed E-state index contributed by atoms with van der Waals surface area (Å²) < 4.78 is 6.32. The second-order valence-corrected chi connectivity index (χ2v) is 6.41.